The molecule has 1 aromatic rings. The van der Waals surface area contributed by atoms with Gasteiger partial charge in [-0.2, -0.15) is 0 Å². The number of nitrogens with one attached hydrogen (secondary N) is 1. The maximum atomic E-state index is 5.65. The summed E-state index contributed by atoms with van der Waals surface area (Å²) < 4.78 is 5.65. The van der Waals surface area contributed by atoms with Crippen molar-refractivity contribution in [1.29, 1.82) is 0 Å². The van der Waals surface area contributed by atoms with Gasteiger partial charge >= 0.3 is 0 Å². The van der Waals surface area contributed by atoms with Gasteiger partial charge in [-0.15, -0.1) is 11.8 Å². The summed E-state index contributed by atoms with van der Waals surface area (Å²) in [5.74, 6) is 0. The van der Waals surface area contributed by atoms with Gasteiger partial charge in [0, 0.05) is 22.8 Å². The largest absolute Gasteiger partial charge is 0.377 e. The van der Waals surface area contributed by atoms with Crippen molar-refractivity contribution in [2.45, 2.75) is 49.5 Å². The van der Waals surface area contributed by atoms with E-state index in [2.05, 4.69) is 50.4 Å². The number of hydrogen-bond acceptors (Lipinski definition) is 3. The van der Waals surface area contributed by atoms with E-state index in [-0.39, 0.29) is 0 Å². The highest BCUT2D eigenvalue weighted by Crippen LogP contribution is 2.36. The summed E-state index contributed by atoms with van der Waals surface area (Å²) in [6.07, 6.45) is 1.54. The van der Waals surface area contributed by atoms with Crippen molar-refractivity contribution in [1.82, 2.24) is 5.32 Å². The minimum absolute atomic E-state index is 0.373. The summed E-state index contributed by atoms with van der Waals surface area (Å²) in [5, 5.41) is 4.09. The van der Waals surface area contributed by atoms with E-state index in [0.29, 0.717) is 17.4 Å². The van der Waals surface area contributed by atoms with Crippen LogP contribution in [0.2, 0.25) is 0 Å². The van der Waals surface area contributed by atoms with Gasteiger partial charge in [0.2, 0.25) is 0 Å². The standard InChI is InChI=1S/C15H23NOS/c1-4-16-11(2)13-7-5-6-8-15(13)18-14-9-10-17-12(14)3/h5-8,11-12,14,16H,4,9-10H2,1-3H3. The molecule has 0 aliphatic carbocycles. The average Bonchev–Trinajstić information content (AvgIpc) is 2.76. The van der Waals surface area contributed by atoms with Crippen LogP contribution >= 0.6 is 11.8 Å². The van der Waals surface area contributed by atoms with Crippen LogP contribution in [0.1, 0.15) is 38.8 Å². The molecule has 1 fully saturated rings. The van der Waals surface area contributed by atoms with Crippen LogP contribution in [0.5, 0.6) is 0 Å². The molecule has 2 nitrogen and oxygen atoms in total. The molecule has 1 aliphatic rings. The molecule has 0 radical (unpaired) electrons. The van der Waals surface area contributed by atoms with E-state index in [1.807, 2.05) is 11.8 Å². The van der Waals surface area contributed by atoms with Crippen molar-refractivity contribution in [2.75, 3.05) is 13.2 Å². The molecular weight excluding hydrogens is 242 g/mol. The molecular formula is C15H23NOS. The number of rotatable bonds is 5. The Bertz CT molecular complexity index is 383. The summed E-state index contributed by atoms with van der Waals surface area (Å²) >= 11 is 1.98. The van der Waals surface area contributed by atoms with E-state index in [9.17, 15) is 0 Å². The highest BCUT2D eigenvalue weighted by molar-refractivity contribution is 8.00. The van der Waals surface area contributed by atoms with E-state index in [4.69, 9.17) is 4.74 Å². The molecule has 100 valence electrons. The van der Waals surface area contributed by atoms with Crippen molar-refractivity contribution in [3.63, 3.8) is 0 Å². The van der Waals surface area contributed by atoms with Gasteiger partial charge in [-0.1, -0.05) is 25.1 Å². The van der Waals surface area contributed by atoms with Gasteiger partial charge in [-0.3, -0.25) is 0 Å². The molecule has 1 heterocycles. The Balaban J connectivity index is 2.11. The SMILES string of the molecule is CCNC(C)c1ccccc1SC1CCOC1C. The molecule has 0 spiro atoms. The summed E-state index contributed by atoms with van der Waals surface area (Å²) in [4.78, 5) is 1.40. The summed E-state index contributed by atoms with van der Waals surface area (Å²) in [6, 6.07) is 9.14. The molecule has 2 rings (SSSR count). The average molecular weight is 265 g/mol. The molecule has 1 N–H and O–H groups in total. The van der Waals surface area contributed by atoms with Crippen molar-refractivity contribution in [2.24, 2.45) is 0 Å². The lowest BCUT2D eigenvalue weighted by atomic mass is 10.1. The molecule has 0 aromatic heterocycles. The monoisotopic (exact) mass is 265 g/mol. The second-order valence-electron chi connectivity index (χ2n) is 4.84. The highest BCUT2D eigenvalue weighted by Gasteiger charge is 2.26. The number of thioether (sulfide) groups is 1. The van der Waals surface area contributed by atoms with Crippen LogP contribution in [0.25, 0.3) is 0 Å². The van der Waals surface area contributed by atoms with Gasteiger partial charge in [0.05, 0.1) is 6.10 Å². The van der Waals surface area contributed by atoms with E-state index in [1.165, 1.54) is 10.5 Å². The first-order valence-electron chi connectivity index (χ1n) is 6.83. The molecule has 1 aliphatic heterocycles. The number of hydrogen-bond donors (Lipinski definition) is 1. The first kappa shape index (κ1) is 13.9. The molecule has 1 aromatic carbocycles. The summed E-state index contributed by atoms with van der Waals surface area (Å²) in [6.45, 7) is 8.48. The zero-order valence-electron chi connectivity index (χ0n) is 11.5. The molecule has 3 unspecified atom stereocenters. The molecule has 0 amide bonds. The normalized spacial score (nSPS) is 25.3. The van der Waals surface area contributed by atoms with Crippen LogP contribution in [0.3, 0.4) is 0 Å². The third-order valence-corrected chi connectivity index (χ3v) is 5.03. The van der Waals surface area contributed by atoms with Crippen molar-refractivity contribution in [3.05, 3.63) is 29.8 Å². The third-order valence-electron chi connectivity index (χ3n) is 3.48. The van der Waals surface area contributed by atoms with Gasteiger partial charge in [0.1, 0.15) is 0 Å². The van der Waals surface area contributed by atoms with Crippen LogP contribution in [-0.2, 0) is 4.74 Å². The van der Waals surface area contributed by atoms with Crippen LogP contribution in [0.15, 0.2) is 29.2 Å². The van der Waals surface area contributed by atoms with E-state index < -0.39 is 0 Å². The van der Waals surface area contributed by atoms with Crippen LogP contribution in [-0.4, -0.2) is 24.5 Å². The first-order valence-corrected chi connectivity index (χ1v) is 7.71. The lowest BCUT2D eigenvalue weighted by Crippen LogP contribution is -2.19. The fourth-order valence-electron chi connectivity index (χ4n) is 2.39. The Morgan fingerprint density at radius 2 is 2.22 bits per heavy atom. The quantitative estimate of drug-likeness (QED) is 0.878. The second-order valence-corrected chi connectivity index (χ2v) is 6.12. The van der Waals surface area contributed by atoms with E-state index in [0.717, 1.165) is 19.6 Å². The van der Waals surface area contributed by atoms with Crippen molar-refractivity contribution < 1.29 is 4.74 Å². The minimum Gasteiger partial charge on any atom is -0.377 e. The fourth-order valence-corrected chi connectivity index (χ4v) is 3.74. The first-order chi connectivity index (χ1) is 8.72. The third kappa shape index (κ3) is 3.28. The van der Waals surface area contributed by atoms with Crippen LogP contribution in [0, 0.1) is 0 Å². The second kappa shape index (κ2) is 6.60. The van der Waals surface area contributed by atoms with Gasteiger partial charge in [0.25, 0.3) is 0 Å². The zero-order valence-corrected chi connectivity index (χ0v) is 12.3. The lowest BCUT2D eigenvalue weighted by Gasteiger charge is -2.20. The molecule has 1 saturated heterocycles. The Morgan fingerprint density at radius 1 is 1.44 bits per heavy atom. The number of benzene rings is 1. The van der Waals surface area contributed by atoms with E-state index in [1.54, 1.807) is 0 Å². The Labute approximate surface area is 114 Å². The highest BCUT2D eigenvalue weighted by atomic mass is 32.2. The van der Waals surface area contributed by atoms with Crippen LogP contribution < -0.4 is 5.32 Å². The van der Waals surface area contributed by atoms with Gasteiger partial charge in [-0.25, -0.2) is 0 Å². The van der Waals surface area contributed by atoms with Crippen molar-refractivity contribution >= 4 is 11.8 Å². The fraction of sp³-hybridized carbons (Fsp3) is 0.600. The predicted molar refractivity (Wildman–Crippen MR) is 78.2 cm³/mol. The number of ether oxygens (including phenoxy) is 1. The van der Waals surface area contributed by atoms with Crippen LogP contribution in [0.4, 0.5) is 0 Å². The topological polar surface area (TPSA) is 21.3 Å². The Hall–Kier alpha value is -0.510. The minimum atomic E-state index is 0.373. The molecule has 0 saturated carbocycles. The van der Waals surface area contributed by atoms with Gasteiger partial charge < -0.3 is 10.1 Å². The maximum Gasteiger partial charge on any atom is 0.0669 e. The van der Waals surface area contributed by atoms with Crippen molar-refractivity contribution in [3.8, 4) is 0 Å². The Kier molecular flexibility index (Phi) is 5.10. The Morgan fingerprint density at radius 3 is 2.89 bits per heavy atom. The summed E-state index contributed by atoms with van der Waals surface area (Å²) in [7, 11) is 0. The lowest BCUT2D eigenvalue weighted by molar-refractivity contribution is 0.127. The van der Waals surface area contributed by atoms with Gasteiger partial charge in [0.15, 0.2) is 0 Å². The molecule has 3 heteroatoms. The smallest absolute Gasteiger partial charge is 0.0669 e. The van der Waals surface area contributed by atoms with Gasteiger partial charge in [-0.05, 0) is 38.4 Å². The summed E-state index contributed by atoms with van der Waals surface area (Å²) in [5.41, 5.74) is 1.41. The van der Waals surface area contributed by atoms with E-state index >= 15 is 0 Å². The molecule has 18 heavy (non-hydrogen) atoms. The zero-order chi connectivity index (χ0) is 13.0. The molecule has 3 atom stereocenters. The molecule has 0 bridgehead atoms. The maximum absolute atomic E-state index is 5.65. The predicted octanol–water partition coefficient (Wildman–Crippen LogP) is 3.63.